The maximum atomic E-state index is 5.38. The van der Waals surface area contributed by atoms with Crippen molar-refractivity contribution in [1.29, 1.82) is 0 Å². The molecule has 0 N–H and O–H groups in total. The van der Waals surface area contributed by atoms with E-state index < -0.39 is 0 Å². The van der Waals surface area contributed by atoms with Gasteiger partial charge < -0.3 is 4.74 Å². The van der Waals surface area contributed by atoms with Crippen molar-refractivity contribution in [3.63, 3.8) is 0 Å². The van der Waals surface area contributed by atoms with Crippen molar-refractivity contribution in [1.82, 2.24) is 9.36 Å². The fourth-order valence-electron chi connectivity index (χ4n) is 1.10. The third-order valence-corrected chi connectivity index (χ3v) is 2.09. The first kappa shape index (κ1) is 6.24. The summed E-state index contributed by atoms with van der Waals surface area (Å²) in [6.07, 6.45) is 2.41. The van der Waals surface area contributed by atoms with Crippen LogP contribution in [0.3, 0.4) is 0 Å². The van der Waals surface area contributed by atoms with Crippen LogP contribution in [0, 0.1) is 0 Å². The molecule has 2 rings (SSSR count). The van der Waals surface area contributed by atoms with E-state index >= 15 is 0 Å². The highest BCUT2D eigenvalue weighted by molar-refractivity contribution is 7.03. The number of hydrogen-bond donors (Lipinski definition) is 0. The molecule has 54 valence electrons. The van der Waals surface area contributed by atoms with Crippen LogP contribution in [0.4, 0.5) is 0 Å². The van der Waals surface area contributed by atoms with Crippen LogP contribution in [0.25, 0.3) is 0 Å². The molecule has 0 amide bonds. The molecular weight excluding hydrogens is 148 g/mol. The summed E-state index contributed by atoms with van der Waals surface area (Å²) in [5.41, 5.74) is 1.75. The van der Waals surface area contributed by atoms with E-state index in [2.05, 4.69) is 9.36 Å². The van der Waals surface area contributed by atoms with Gasteiger partial charge in [-0.05, 0) is 24.4 Å². The molecule has 0 aliphatic carbocycles. The second-order valence-corrected chi connectivity index (χ2v) is 2.90. The summed E-state index contributed by atoms with van der Waals surface area (Å²) in [5.74, 6) is 0.863. The molecule has 0 bridgehead atoms. The molecule has 1 atom stereocenters. The maximum Gasteiger partial charge on any atom is 0.171 e. The van der Waals surface area contributed by atoms with Crippen molar-refractivity contribution >= 4 is 11.5 Å². The van der Waals surface area contributed by atoms with E-state index in [1.165, 1.54) is 11.5 Å². The molecule has 1 aromatic rings. The second kappa shape index (κ2) is 2.64. The van der Waals surface area contributed by atoms with Crippen LogP contribution in [0.2, 0.25) is 0 Å². The van der Waals surface area contributed by atoms with Crippen molar-refractivity contribution in [2.45, 2.75) is 18.9 Å². The summed E-state index contributed by atoms with van der Waals surface area (Å²) in [6.45, 7) is 0.865. The highest BCUT2D eigenvalue weighted by atomic mass is 32.1. The van der Waals surface area contributed by atoms with Gasteiger partial charge in [0.1, 0.15) is 11.6 Å². The van der Waals surface area contributed by atoms with Crippen molar-refractivity contribution in [2.24, 2.45) is 0 Å². The van der Waals surface area contributed by atoms with Gasteiger partial charge in [-0.25, -0.2) is 4.98 Å². The van der Waals surface area contributed by atoms with Crippen molar-refractivity contribution in [3.05, 3.63) is 11.3 Å². The van der Waals surface area contributed by atoms with Gasteiger partial charge >= 0.3 is 0 Å². The molecule has 1 aliphatic rings. The summed E-state index contributed by atoms with van der Waals surface area (Å²) >= 11 is 1.39. The molecular formula is C6H8N2OS. The number of rotatable bonds is 1. The Balaban J connectivity index is 2.12. The highest BCUT2D eigenvalue weighted by Gasteiger charge is 2.20. The van der Waals surface area contributed by atoms with Crippen LogP contribution in [-0.4, -0.2) is 16.0 Å². The van der Waals surface area contributed by atoms with Gasteiger partial charge in [-0.2, -0.15) is 4.37 Å². The van der Waals surface area contributed by atoms with E-state index in [9.17, 15) is 0 Å². The lowest BCUT2D eigenvalue weighted by atomic mass is 10.2. The van der Waals surface area contributed by atoms with Crippen molar-refractivity contribution < 1.29 is 4.74 Å². The lowest BCUT2D eigenvalue weighted by molar-refractivity contribution is 0.106. The molecule has 1 saturated heterocycles. The molecule has 0 radical (unpaired) electrons. The van der Waals surface area contributed by atoms with Gasteiger partial charge in [0.15, 0.2) is 5.82 Å². The van der Waals surface area contributed by atoms with Gasteiger partial charge in [-0.1, -0.05) is 0 Å². The number of ether oxygens (including phenoxy) is 1. The average Bonchev–Trinajstić information content (AvgIpc) is 2.59. The fourth-order valence-corrected chi connectivity index (χ4v) is 1.58. The van der Waals surface area contributed by atoms with Gasteiger partial charge in [0, 0.05) is 6.61 Å². The molecule has 1 unspecified atom stereocenters. The quantitative estimate of drug-likeness (QED) is 0.616. The SMILES string of the molecule is c1nc(C2CCCO2)ns1. The Morgan fingerprint density at radius 3 is 3.30 bits per heavy atom. The molecule has 0 spiro atoms. The standard InChI is InChI=1S/C6H8N2OS/c1-2-5(9-3-1)6-7-4-10-8-6/h4-5H,1-3H2. The normalized spacial score (nSPS) is 25.4. The van der Waals surface area contributed by atoms with E-state index in [0.717, 1.165) is 25.3 Å². The third kappa shape index (κ3) is 1.04. The Kier molecular flexibility index (Phi) is 1.65. The predicted molar refractivity (Wildman–Crippen MR) is 37.8 cm³/mol. The fraction of sp³-hybridized carbons (Fsp3) is 0.667. The minimum atomic E-state index is 0.186. The Hall–Kier alpha value is -0.480. The lowest BCUT2D eigenvalue weighted by Gasteiger charge is -2.01. The Bertz CT molecular complexity index is 194. The lowest BCUT2D eigenvalue weighted by Crippen LogP contribution is -1.96. The molecule has 0 aromatic carbocycles. The van der Waals surface area contributed by atoms with E-state index in [-0.39, 0.29) is 6.10 Å². The minimum Gasteiger partial charge on any atom is -0.370 e. The van der Waals surface area contributed by atoms with Gasteiger partial charge in [0.25, 0.3) is 0 Å². The van der Waals surface area contributed by atoms with Crippen molar-refractivity contribution in [3.8, 4) is 0 Å². The Morgan fingerprint density at radius 1 is 1.70 bits per heavy atom. The predicted octanol–water partition coefficient (Wildman–Crippen LogP) is 1.39. The molecule has 3 nitrogen and oxygen atoms in total. The monoisotopic (exact) mass is 156 g/mol. The summed E-state index contributed by atoms with van der Waals surface area (Å²) in [4.78, 5) is 4.08. The first-order valence-corrected chi connectivity index (χ1v) is 4.18. The van der Waals surface area contributed by atoms with Crippen LogP contribution in [0.5, 0.6) is 0 Å². The first-order chi connectivity index (χ1) is 4.97. The number of hydrogen-bond acceptors (Lipinski definition) is 4. The minimum absolute atomic E-state index is 0.186. The summed E-state index contributed by atoms with van der Waals surface area (Å²) in [6, 6.07) is 0. The molecule has 1 aromatic heterocycles. The molecule has 10 heavy (non-hydrogen) atoms. The summed E-state index contributed by atoms with van der Waals surface area (Å²) in [7, 11) is 0. The van der Waals surface area contributed by atoms with E-state index in [0.29, 0.717) is 0 Å². The molecule has 1 aliphatic heterocycles. The molecule has 0 saturated carbocycles. The van der Waals surface area contributed by atoms with Gasteiger partial charge in [-0.15, -0.1) is 0 Å². The molecule has 4 heteroatoms. The van der Waals surface area contributed by atoms with Crippen molar-refractivity contribution in [2.75, 3.05) is 6.61 Å². The van der Waals surface area contributed by atoms with E-state index in [1.54, 1.807) is 5.51 Å². The van der Waals surface area contributed by atoms with E-state index in [1.807, 2.05) is 0 Å². The largest absolute Gasteiger partial charge is 0.370 e. The Morgan fingerprint density at radius 2 is 2.70 bits per heavy atom. The highest BCUT2D eigenvalue weighted by Crippen LogP contribution is 2.25. The zero-order valence-electron chi connectivity index (χ0n) is 5.49. The third-order valence-electron chi connectivity index (χ3n) is 1.60. The summed E-state index contributed by atoms with van der Waals surface area (Å²) < 4.78 is 9.48. The zero-order valence-corrected chi connectivity index (χ0v) is 6.30. The molecule has 2 heterocycles. The average molecular weight is 156 g/mol. The van der Waals surface area contributed by atoms with Crippen LogP contribution >= 0.6 is 11.5 Å². The second-order valence-electron chi connectivity index (χ2n) is 2.29. The topological polar surface area (TPSA) is 35.0 Å². The van der Waals surface area contributed by atoms with Crippen LogP contribution in [0.1, 0.15) is 24.8 Å². The smallest absolute Gasteiger partial charge is 0.171 e. The summed E-state index contributed by atoms with van der Waals surface area (Å²) in [5, 5.41) is 0. The van der Waals surface area contributed by atoms with Gasteiger partial charge in [0.05, 0.1) is 0 Å². The molecule has 1 fully saturated rings. The van der Waals surface area contributed by atoms with Gasteiger partial charge in [0.2, 0.25) is 0 Å². The number of nitrogens with zero attached hydrogens (tertiary/aromatic N) is 2. The van der Waals surface area contributed by atoms with Gasteiger partial charge in [-0.3, -0.25) is 0 Å². The first-order valence-electron chi connectivity index (χ1n) is 3.34. The zero-order chi connectivity index (χ0) is 6.81. The van der Waals surface area contributed by atoms with Crippen LogP contribution < -0.4 is 0 Å². The Labute approximate surface area is 63.2 Å². The van der Waals surface area contributed by atoms with Crippen LogP contribution in [-0.2, 0) is 4.74 Å². The number of aromatic nitrogens is 2. The van der Waals surface area contributed by atoms with E-state index in [4.69, 9.17) is 4.74 Å². The van der Waals surface area contributed by atoms with Crippen LogP contribution in [0.15, 0.2) is 5.51 Å². The maximum absolute atomic E-state index is 5.38.